The molecule has 0 saturated heterocycles. The van der Waals surface area contributed by atoms with Gasteiger partial charge < -0.3 is 5.73 Å². The summed E-state index contributed by atoms with van der Waals surface area (Å²) in [5, 5.41) is 7.56. The van der Waals surface area contributed by atoms with E-state index in [4.69, 9.17) is 11.6 Å². The molecule has 0 bridgehead atoms. The fourth-order valence-electron chi connectivity index (χ4n) is 1.45. The van der Waals surface area contributed by atoms with E-state index in [0.29, 0.717) is 6.54 Å². The highest BCUT2D eigenvalue weighted by Gasteiger charge is 2.08. The van der Waals surface area contributed by atoms with Crippen molar-refractivity contribution in [1.29, 1.82) is 0 Å². The summed E-state index contributed by atoms with van der Waals surface area (Å²) < 4.78 is 1.60. The Hall–Kier alpha value is -2.06. The third kappa shape index (κ3) is 3.70. The Balaban J connectivity index is 1.86. The topological polar surface area (TPSA) is 112 Å². The van der Waals surface area contributed by atoms with Gasteiger partial charge in [0.25, 0.3) is 5.91 Å². The molecule has 1 aromatic carbocycles. The molecule has 8 heteroatoms. The summed E-state index contributed by atoms with van der Waals surface area (Å²) in [5.74, 6) is 5.36. The second kappa shape index (κ2) is 6.21. The smallest absolute Gasteiger partial charge is 0.287 e. The second-order valence-electron chi connectivity index (χ2n) is 3.76. The summed E-state index contributed by atoms with van der Waals surface area (Å²) in [4.78, 5) is 12.3. The first-order valence-corrected chi connectivity index (χ1v) is 6.57. The molecular formula is C11H14N6OS. The Morgan fingerprint density at radius 1 is 1.47 bits per heavy atom. The molecule has 0 aliphatic heterocycles. The standard InChI is InChI=1S/C11H14N6OS/c12-8-2-1-3-9(6-8)19-5-4-17-7-10(15-16-17)11(18)14-13/h1-3,6-7H,4-5,12-13H2,(H,14,18). The van der Waals surface area contributed by atoms with E-state index in [0.717, 1.165) is 16.3 Å². The number of hydrazine groups is 1. The zero-order chi connectivity index (χ0) is 13.7. The number of nitrogens with zero attached hydrogens (tertiary/aromatic N) is 3. The van der Waals surface area contributed by atoms with Crippen molar-refractivity contribution < 1.29 is 4.79 Å². The minimum atomic E-state index is -0.449. The van der Waals surface area contributed by atoms with Crippen LogP contribution >= 0.6 is 11.8 Å². The van der Waals surface area contributed by atoms with Gasteiger partial charge in [0.2, 0.25) is 0 Å². The second-order valence-corrected chi connectivity index (χ2v) is 4.93. The Labute approximate surface area is 114 Å². The van der Waals surface area contributed by atoms with Gasteiger partial charge in [0.05, 0.1) is 12.7 Å². The predicted molar refractivity (Wildman–Crippen MR) is 73.3 cm³/mol. The lowest BCUT2D eigenvalue weighted by atomic mass is 10.3. The zero-order valence-electron chi connectivity index (χ0n) is 10.1. The van der Waals surface area contributed by atoms with E-state index in [1.54, 1.807) is 22.6 Å². The summed E-state index contributed by atoms with van der Waals surface area (Å²) in [6, 6.07) is 7.67. The SMILES string of the molecule is NNC(=O)c1cn(CCSc2cccc(N)c2)nn1. The fraction of sp³-hybridized carbons (Fsp3) is 0.182. The van der Waals surface area contributed by atoms with Gasteiger partial charge in [0.15, 0.2) is 5.69 Å². The number of nitrogens with one attached hydrogen (secondary N) is 1. The van der Waals surface area contributed by atoms with Crippen molar-refractivity contribution >= 4 is 23.4 Å². The molecule has 100 valence electrons. The first-order valence-electron chi connectivity index (χ1n) is 5.58. The minimum absolute atomic E-state index is 0.205. The van der Waals surface area contributed by atoms with Crippen molar-refractivity contribution in [3.8, 4) is 0 Å². The van der Waals surface area contributed by atoms with Crippen LogP contribution in [0.4, 0.5) is 5.69 Å². The molecule has 0 aliphatic rings. The molecule has 0 unspecified atom stereocenters. The number of aromatic nitrogens is 3. The van der Waals surface area contributed by atoms with Crippen molar-refractivity contribution in [3.63, 3.8) is 0 Å². The number of hydrogen-bond donors (Lipinski definition) is 3. The number of thioether (sulfide) groups is 1. The van der Waals surface area contributed by atoms with Gasteiger partial charge in [-0.1, -0.05) is 11.3 Å². The Bertz CT molecular complexity index is 570. The lowest BCUT2D eigenvalue weighted by Gasteiger charge is -2.02. The molecule has 2 rings (SSSR count). The average molecular weight is 278 g/mol. The van der Waals surface area contributed by atoms with E-state index in [9.17, 15) is 4.79 Å². The van der Waals surface area contributed by atoms with E-state index < -0.39 is 5.91 Å². The maximum Gasteiger partial charge on any atom is 0.287 e. The quantitative estimate of drug-likeness (QED) is 0.238. The van der Waals surface area contributed by atoms with Crippen LogP contribution in [0.5, 0.6) is 0 Å². The van der Waals surface area contributed by atoms with Crippen molar-refractivity contribution in [3.05, 3.63) is 36.2 Å². The number of benzene rings is 1. The number of nitrogens with two attached hydrogens (primary N) is 2. The van der Waals surface area contributed by atoms with Gasteiger partial charge in [-0.15, -0.1) is 16.9 Å². The number of carbonyl (C=O) groups excluding carboxylic acids is 1. The number of aryl methyl sites for hydroxylation is 1. The van der Waals surface area contributed by atoms with E-state index in [1.165, 1.54) is 0 Å². The molecule has 1 amide bonds. The van der Waals surface area contributed by atoms with Crippen LogP contribution in [0.2, 0.25) is 0 Å². The van der Waals surface area contributed by atoms with Crippen molar-refractivity contribution in [2.75, 3.05) is 11.5 Å². The lowest BCUT2D eigenvalue weighted by Crippen LogP contribution is -2.30. The monoisotopic (exact) mass is 278 g/mol. The molecule has 0 aliphatic carbocycles. The molecule has 1 aromatic heterocycles. The molecule has 0 fully saturated rings. The van der Waals surface area contributed by atoms with Gasteiger partial charge in [0.1, 0.15) is 0 Å². The number of anilines is 1. The molecule has 19 heavy (non-hydrogen) atoms. The fourth-order valence-corrected chi connectivity index (χ4v) is 2.36. The lowest BCUT2D eigenvalue weighted by molar-refractivity contribution is 0.0948. The van der Waals surface area contributed by atoms with Crippen LogP contribution in [-0.2, 0) is 6.54 Å². The van der Waals surface area contributed by atoms with Gasteiger partial charge in [0, 0.05) is 16.3 Å². The van der Waals surface area contributed by atoms with Crippen molar-refractivity contribution in [2.24, 2.45) is 5.84 Å². The first kappa shape index (κ1) is 13.4. The summed E-state index contributed by atoms with van der Waals surface area (Å²) >= 11 is 1.66. The third-order valence-corrected chi connectivity index (χ3v) is 3.32. The number of hydrogen-bond acceptors (Lipinski definition) is 6. The average Bonchev–Trinajstić information content (AvgIpc) is 2.87. The minimum Gasteiger partial charge on any atom is -0.399 e. The van der Waals surface area contributed by atoms with Gasteiger partial charge >= 0.3 is 0 Å². The van der Waals surface area contributed by atoms with Crippen LogP contribution in [0.25, 0.3) is 0 Å². The Kier molecular flexibility index (Phi) is 4.37. The molecular weight excluding hydrogens is 264 g/mol. The Morgan fingerprint density at radius 2 is 2.32 bits per heavy atom. The summed E-state index contributed by atoms with van der Waals surface area (Å²) in [6.45, 7) is 0.643. The molecule has 2 aromatic rings. The molecule has 7 nitrogen and oxygen atoms in total. The molecule has 0 saturated carbocycles. The van der Waals surface area contributed by atoms with Crippen molar-refractivity contribution in [1.82, 2.24) is 20.4 Å². The van der Waals surface area contributed by atoms with Crippen LogP contribution in [0.3, 0.4) is 0 Å². The predicted octanol–water partition coefficient (Wildman–Crippen LogP) is 0.256. The normalized spacial score (nSPS) is 10.4. The van der Waals surface area contributed by atoms with Gasteiger partial charge in [-0.05, 0) is 18.2 Å². The largest absolute Gasteiger partial charge is 0.399 e. The summed E-state index contributed by atoms with van der Waals surface area (Å²) in [6.07, 6.45) is 1.56. The van der Waals surface area contributed by atoms with Crippen LogP contribution in [-0.4, -0.2) is 26.7 Å². The van der Waals surface area contributed by atoms with Gasteiger partial charge in [-0.2, -0.15) is 0 Å². The van der Waals surface area contributed by atoms with Crippen LogP contribution in [0.15, 0.2) is 35.4 Å². The van der Waals surface area contributed by atoms with Gasteiger partial charge in [-0.25, -0.2) is 5.84 Å². The maximum absolute atomic E-state index is 11.2. The highest BCUT2D eigenvalue weighted by molar-refractivity contribution is 7.99. The van der Waals surface area contributed by atoms with E-state index in [-0.39, 0.29) is 5.69 Å². The van der Waals surface area contributed by atoms with E-state index in [1.807, 2.05) is 29.7 Å². The molecule has 5 N–H and O–H groups in total. The van der Waals surface area contributed by atoms with Crippen LogP contribution < -0.4 is 17.0 Å². The van der Waals surface area contributed by atoms with Crippen molar-refractivity contribution in [2.45, 2.75) is 11.4 Å². The number of amides is 1. The van der Waals surface area contributed by atoms with E-state index >= 15 is 0 Å². The molecule has 0 spiro atoms. The van der Waals surface area contributed by atoms with Crippen LogP contribution in [0, 0.1) is 0 Å². The first-order chi connectivity index (χ1) is 9.19. The van der Waals surface area contributed by atoms with Crippen LogP contribution in [0.1, 0.15) is 10.5 Å². The van der Waals surface area contributed by atoms with Gasteiger partial charge in [-0.3, -0.25) is 14.9 Å². The molecule has 1 heterocycles. The highest BCUT2D eigenvalue weighted by atomic mass is 32.2. The molecule has 0 radical (unpaired) electrons. The Morgan fingerprint density at radius 3 is 3.05 bits per heavy atom. The number of carbonyl (C=O) groups is 1. The highest BCUT2D eigenvalue weighted by Crippen LogP contribution is 2.20. The maximum atomic E-state index is 11.2. The summed E-state index contributed by atoms with van der Waals surface area (Å²) in [7, 11) is 0. The zero-order valence-corrected chi connectivity index (χ0v) is 10.9. The third-order valence-electron chi connectivity index (χ3n) is 2.35. The number of rotatable bonds is 5. The van der Waals surface area contributed by atoms with E-state index in [2.05, 4.69) is 10.3 Å². The summed E-state index contributed by atoms with van der Waals surface area (Å²) in [5.41, 5.74) is 8.65. The number of nitrogen functional groups attached to an aromatic ring is 2. The molecule has 0 atom stereocenters.